The van der Waals surface area contributed by atoms with E-state index in [4.69, 9.17) is 0 Å². The molecule has 29 heavy (non-hydrogen) atoms. The molecule has 0 bridgehead atoms. The number of alkyl halides is 3. The molecular formula is C20H15F4N3O2. The van der Waals surface area contributed by atoms with E-state index in [-0.39, 0.29) is 17.9 Å². The van der Waals surface area contributed by atoms with Gasteiger partial charge in [-0.05, 0) is 42.8 Å². The molecule has 0 atom stereocenters. The predicted molar refractivity (Wildman–Crippen MR) is 97.1 cm³/mol. The van der Waals surface area contributed by atoms with Crippen molar-refractivity contribution in [2.75, 3.05) is 0 Å². The Morgan fingerprint density at radius 1 is 1.10 bits per heavy atom. The van der Waals surface area contributed by atoms with Crippen LogP contribution in [0.15, 0.2) is 59.4 Å². The number of hydrogen-bond acceptors (Lipinski definition) is 3. The van der Waals surface area contributed by atoms with Crippen molar-refractivity contribution in [2.45, 2.75) is 19.6 Å². The van der Waals surface area contributed by atoms with Crippen molar-refractivity contribution >= 4 is 5.91 Å². The number of nitrogens with one attached hydrogen (secondary N) is 1. The molecule has 1 heterocycles. The number of nitrogens with zero attached hydrogens (tertiary/aromatic N) is 2. The largest absolute Gasteiger partial charge is 0.416 e. The first-order chi connectivity index (χ1) is 13.6. The van der Waals surface area contributed by atoms with Crippen LogP contribution in [0.25, 0.3) is 5.69 Å². The number of benzene rings is 2. The third kappa shape index (κ3) is 4.68. The molecule has 0 unspecified atom stereocenters. The molecule has 3 aromatic rings. The van der Waals surface area contributed by atoms with Crippen molar-refractivity contribution in [3.8, 4) is 5.69 Å². The summed E-state index contributed by atoms with van der Waals surface area (Å²) in [6, 6.07) is 10.9. The van der Waals surface area contributed by atoms with E-state index in [1.165, 1.54) is 43.3 Å². The zero-order chi connectivity index (χ0) is 21.2. The molecule has 2 aromatic carbocycles. The number of carbonyl (C=O) groups is 1. The first kappa shape index (κ1) is 20.2. The summed E-state index contributed by atoms with van der Waals surface area (Å²) < 4.78 is 53.0. The number of aromatic nitrogens is 2. The summed E-state index contributed by atoms with van der Waals surface area (Å²) in [4.78, 5) is 24.6. The van der Waals surface area contributed by atoms with Gasteiger partial charge in [-0.3, -0.25) is 9.59 Å². The smallest absolute Gasteiger partial charge is 0.346 e. The fourth-order valence-electron chi connectivity index (χ4n) is 2.65. The van der Waals surface area contributed by atoms with Gasteiger partial charge in [-0.15, -0.1) is 0 Å². The van der Waals surface area contributed by atoms with Gasteiger partial charge in [-0.2, -0.15) is 18.3 Å². The lowest BCUT2D eigenvalue weighted by Gasteiger charge is -2.13. The SMILES string of the molecule is Cc1cc(=O)c(C(=O)NCc2ccc(F)cc2)nn1-c1cccc(C(F)(F)F)c1. The fourth-order valence-corrected chi connectivity index (χ4v) is 2.65. The highest BCUT2D eigenvalue weighted by Crippen LogP contribution is 2.30. The zero-order valence-corrected chi connectivity index (χ0v) is 15.1. The third-order valence-corrected chi connectivity index (χ3v) is 4.11. The van der Waals surface area contributed by atoms with Crippen LogP contribution < -0.4 is 10.7 Å². The summed E-state index contributed by atoms with van der Waals surface area (Å²) in [5.41, 5.74) is -1.07. The molecule has 1 aromatic heterocycles. The van der Waals surface area contributed by atoms with E-state index in [1.54, 1.807) is 0 Å². The van der Waals surface area contributed by atoms with E-state index in [0.29, 0.717) is 5.56 Å². The fraction of sp³-hybridized carbons (Fsp3) is 0.150. The van der Waals surface area contributed by atoms with Gasteiger partial charge in [0.05, 0.1) is 11.3 Å². The summed E-state index contributed by atoms with van der Waals surface area (Å²) in [5, 5.41) is 6.45. The molecule has 0 saturated heterocycles. The highest BCUT2D eigenvalue weighted by molar-refractivity contribution is 5.92. The summed E-state index contributed by atoms with van der Waals surface area (Å²) in [6.07, 6.45) is -4.54. The van der Waals surface area contributed by atoms with Crippen molar-refractivity contribution in [3.05, 3.63) is 93.2 Å². The molecule has 0 aliphatic heterocycles. The maximum Gasteiger partial charge on any atom is 0.416 e. The Hall–Kier alpha value is -3.49. The van der Waals surface area contributed by atoms with Gasteiger partial charge in [0.25, 0.3) is 5.91 Å². The molecular weight excluding hydrogens is 390 g/mol. The van der Waals surface area contributed by atoms with Crippen molar-refractivity contribution in [1.29, 1.82) is 0 Å². The molecule has 1 amide bonds. The van der Waals surface area contributed by atoms with Crippen molar-refractivity contribution < 1.29 is 22.4 Å². The van der Waals surface area contributed by atoms with Gasteiger partial charge in [-0.1, -0.05) is 18.2 Å². The van der Waals surface area contributed by atoms with Crippen LogP contribution in [-0.2, 0) is 12.7 Å². The quantitative estimate of drug-likeness (QED) is 0.675. The zero-order valence-electron chi connectivity index (χ0n) is 15.1. The highest BCUT2D eigenvalue weighted by Gasteiger charge is 2.30. The van der Waals surface area contributed by atoms with Crippen LogP contribution in [0.4, 0.5) is 17.6 Å². The molecule has 0 aliphatic rings. The van der Waals surface area contributed by atoms with E-state index in [2.05, 4.69) is 10.4 Å². The summed E-state index contributed by atoms with van der Waals surface area (Å²) >= 11 is 0. The summed E-state index contributed by atoms with van der Waals surface area (Å²) in [7, 11) is 0. The Balaban J connectivity index is 1.90. The van der Waals surface area contributed by atoms with Gasteiger partial charge < -0.3 is 5.32 Å². The summed E-state index contributed by atoms with van der Waals surface area (Å²) in [5.74, 6) is -1.22. The van der Waals surface area contributed by atoms with Crippen LogP contribution in [0.1, 0.15) is 27.3 Å². The number of amides is 1. The average molecular weight is 405 g/mol. The Morgan fingerprint density at radius 2 is 1.79 bits per heavy atom. The second-order valence-corrected chi connectivity index (χ2v) is 6.27. The number of rotatable bonds is 4. The lowest BCUT2D eigenvalue weighted by atomic mass is 10.2. The van der Waals surface area contributed by atoms with Gasteiger partial charge in [0.2, 0.25) is 5.43 Å². The molecule has 0 fully saturated rings. The Bertz CT molecular complexity index is 1110. The first-order valence-electron chi connectivity index (χ1n) is 8.46. The topological polar surface area (TPSA) is 64.0 Å². The molecule has 0 aliphatic carbocycles. The average Bonchev–Trinajstić information content (AvgIpc) is 2.67. The number of aryl methyl sites for hydroxylation is 1. The molecule has 150 valence electrons. The monoisotopic (exact) mass is 405 g/mol. The second kappa shape index (κ2) is 7.86. The van der Waals surface area contributed by atoms with Crippen LogP contribution in [0.5, 0.6) is 0 Å². The lowest BCUT2D eigenvalue weighted by molar-refractivity contribution is -0.137. The van der Waals surface area contributed by atoms with Gasteiger partial charge in [0, 0.05) is 18.3 Å². The van der Waals surface area contributed by atoms with E-state index in [1.807, 2.05) is 0 Å². The van der Waals surface area contributed by atoms with Crippen molar-refractivity contribution in [2.24, 2.45) is 0 Å². The minimum atomic E-state index is -4.54. The van der Waals surface area contributed by atoms with E-state index < -0.39 is 34.6 Å². The number of hydrogen-bond donors (Lipinski definition) is 1. The summed E-state index contributed by atoms with van der Waals surface area (Å²) in [6.45, 7) is 1.52. The number of halogens is 4. The van der Waals surface area contributed by atoms with E-state index in [9.17, 15) is 27.2 Å². The molecule has 0 radical (unpaired) electrons. The van der Waals surface area contributed by atoms with E-state index in [0.717, 1.165) is 22.9 Å². The van der Waals surface area contributed by atoms with Crippen LogP contribution in [0.3, 0.4) is 0 Å². The Labute approximate surface area is 162 Å². The minimum absolute atomic E-state index is 0.0255. The normalized spacial score (nSPS) is 11.3. The van der Waals surface area contributed by atoms with Crippen molar-refractivity contribution in [1.82, 2.24) is 15.1 Å². The maximum atomic E-state index is 13.0. The predicted octanol–water partition coefficient (Wildman–Crippen LogP) is 3.63. The maximum absolute atomic E-state index is 13.0. The Morgan fingerprint density at radius 3 is 2.45 bits per heavy atom. The third-order valence-electron chi connectivity index (χ3n) is 4.11. The van der Waals surface area contributed by atoms with Gasteiger partial charge >= 0.3 is 6.18 Å². The molecule has 1 N–H and O–H groups in total. The molecule has 3 rings (SSSR count). The molecule has 5 nitrogen and oxygen atoms in total. The second-order valence-electron chi connectivity index (χ2n) is 6.27. The standard InChI is InChI=1S/C20H15F4N3O2/c1-12-9-17(28)18(19(29)25-11-13-5-7-15(21)8-6-13)26-27(12)16-4-2-3-14(10-16)20(22,23)24/h2-10H,11H2,1H3,(H,25,29). The van der Waals surface area contributed by atoms with Gasteiger partial charge in [-0.25, -0.2) is 9.07 Å². The van der Waals surface area contributed by atoms with E-state index >= 15 is 0 Å². The molecule has 9 heteroatoms. The van der Waals surface area contributed by atoms with Gasteiger partial charge in [0.15, 0.2) is 5.69 Å². The van der Waals surface area contributed by atoms with Crippen molar-refractivity contribution in [3.63, 3.8) is 0 Å². The van der Waals surface area contributed by atoms with Crippen LogP contribution in [0, 0.1) is 12.7 Å². The van der Waals surface area contributed by atoms with Gasteiger partial charge in [0.1, 0.15) is 5.82 Å². The Kier molecular flexibility index (Phi) is 5.49. The van der Waals surface area contributed by atoms with Crippen LogP contribution in [-0.4, -0.2) is 15.7 Å². The molecule has 0 saturated carbocycles. The first-order valence-corrected chi connectivity index (χ1v) is 8.46. The minimum Gasteiger partial charge on any atom is -0.346 e. The highest BCUT2D eigenvalue weighted by atomic mass is 19.4. The van der Waals surface area contributed by atoms with Crippen LogP contribution in [0.2, 0.25) is 0 Å². The number of carbonyl (C=O) groups excluding carboxylic acids is 1. The lowest BCUT2D eigenvalue weighted by Crippen LogP contribution is -2.31. The van der Waals surface area contributed by atoms with Crippen LogP contribution >= 0.6 is 0 Å². The molecule has 0 spiro atoms.